The minimum absolute atomic E-state index is 0.281. The van der Waals surface area contributed by atoms with Crippen molar-refractivity contribution in [3.63, 3.8) is 0 Å². The SMILES string of the molecule is CN=C1NC(c2cccc(C(F)(F)F)c2)CO1. The van der Waals surface area contributed by atoms with Gasteiger partial charge in [-0.05, 0) is 17.7 Å². The number of hydrogen-bond acceptors (Lipinski definition) is 2. The number of rotatable bonds is 1. The van der Waals surface area contributed by atoms with Gasteiger partial charge in [0.25, 0.3) is 6.02 Å². The molecule has 0 radical (unpaired) electrons. The summed E-state index contributed by atoms with van der Waals surface area (Å²) in [6, 6.07) is 5.27. The van der Waals surface area contributed by atoms with Crippen LogP contribution < -0.4 is 5.32 Å². The van der Waals surface area contributed by atoms with E-state index in [0.717, 1.165) is 12.1 Å². The molecule has 0 saturated carbocycles. The number of nitrogens with one attached hydrogen (secondary N) is 1. The highest BCUT2D eigenvalue weighted by Crippen LogP contribution is 2.31. The average molecular weight is 244 g/mol. The van der Waals surface area contributed by atoms with Crippen LogP contribution in [-0.4, -0.2) is 19.7 Å². The van der Waals surface area contributed by atoms with Crippen molar-refractivity contribution in [2.75, 3.05) is 13.7 Å². The zero-order chi connectivity index (χ0) is 12.5. The minimum atomic E-state index is -4.32. The van der Waals surface area contributed by atoms with Crippen molar-refractivity contribution in [3.8, 4) is 0 Å². The van der Waals surface area contributed by atoms with E-state index in [4.69, 9.17) is 4.74 Å². The van der Waals surface area contributed by atoms with E-state index >= 15 is 0 Å². The number of alkyl halides is 3. The van der Waals surface area contributed by atoms with Crippen LogP contribution in [0.25, 0.3) is 0 Å². The smallest absolute Gasteiger partial charge is 0.416 e. The molecule has 1 fully saturated rings. The van der Waals surface area contributed by atoms with Crippen LogP contribution in [0.5, 0.6) is 0 Å². The van der Waals surface area contributed by atoms with Crippen molar-refractivity contribution in [3.05, 3.63) is 35.4 Å². The summed E-state index contributed by atoms with van der Waals surface area (Å²) in [5.74, 6) is 0. The van der Waals surface area contributed by atoms with Crippen LogP contribution in [0.15, 0.2) is 29.3 Å². The maximum Gasteiger partial charge on any atom is 0.416 e. The number of nitrogens with zero attached hydrogens (tertiary/aromatic N) is 1. The third kappa shape index (κ3) is 2.51. The van der Waals surface area contributed by atoms with E-state index < -0.39 is 11.7 Å². The van der Waals surface area contributed by atoms with Gasteiger partial charge < -0.3 is 10.1 Å². The first-order valence-electron chi connectivity index (χ1n) is 5.04. The van der Waals surface area contributed by atoms with Crippen molar-refractivity contribution in [1.29, 1.82) is 0 Å². The minimum Gasteiger partial charge on any atom is -0.463 e. The molecular formula is C11H11F3N2O. The number of benzene rings is 1. The molecule has 0 aromatic heterocycles. The van der Waals surface area contributed by atoms with Crippen LogP contribution in [0.4, 0.5) is 13.2 Å². The van der Waals surface area contributed by atoms with Gasteiger partial charge in [0.15, 0.2) is 0 Å². The Morgan fingerprint density at radius 3 is 2.76 bits per heavy atom. The van der Waals surface area contributed by atoms with Gasteiger partial charge in [-0.15, -0.1) is 0 Å². The summed E-state index contributed by atoms with van der Waals surface area (Å²) < 4.78 is 42.7. The maximum absolute atomic E-state index is 12.5. The quantitative estimate of drug-likeness (QED) is 0.822. The predicted octanol–water partition coefficient (Wildman–Crippen LogP) is 2.35. The second-order valence-electron chi connectivity index (χ2n) is 3.66. The Kier molecular flexibility index (Phi) is 2.95. The Balaban J connectivity index is 2.23. The second-order valence-corrected chi connectivity index (χ2v) is 3.66. The highest BCUT2D eigenvalue weighted by atomic mass is 19.4. The molecule has 3 nitrogen and oxygen atoms in total. The van der Waals surface area contributed by atoms with Gasteiger partial charge in [0.2, 0.25) is 0 Å². The third-order valence-corrected chi connectivity index (χ3v) is 2.50. The molecule has 1 atom stereocenters. The lowest BCUT2D eigenvalue weighted by Gasteiger charge is -2.11. The first-order valence-corrected chi connectivity index (χ1v) is 5.04. The predicted molar refractivity (Wildman–Crippen MR) is 56.6 cm³/mol. The standard InChI is InChI=1S/C11H11F3N2O/c1-15-10-16-9(6-17-10)7-3-2-4-8(5-7)11(12,13)14/h2-5,9H,6H2,1H3,(H,15,16). The summed E-state index contributed by atoms with van der Waals surface area (Å²) >= 11 is 0. The van der Waals surface area contributed by atoms with Crippen molar-refractivity contribution in [2.24, 2.45) is 4.99 Å². The second kappa shape index (κ2) is 4.27. The lowest BCUT2D eigenvalue weighted by molar-refractivity contribution is -0.137. The summed E-state index contributed by atoms with van der Waals surface area (Å²) in [4.78, 5) is 3.80. The summed E-state index contributed by atoms with van der Waals surface area (Å²) in [7, 11) is 1.55. The van der Waals surface area contributed by atoms with Gasteiger partial charge in [0.05, 0.1) is 11.6 Å². The zero-order valence-electron chi connectivity index (χ0n) is 9.08. The van der Waals surface area contributed by atoms with Gasteiger partial charge in [0, 0.05) is 7.05 Å². The molecule has 1 unspecified atom stereocenters. The highest BCUT2D eigenvalue weighted by molar-refractivity contribution is 5.75. The molecule has 0 spiro atoms. The molecule has 1 aliphatic heterocycles. The number of ether oxygens (including phenoxy) is 1. The molecule has 92 valence electrons. The Bertz CT molecular complexity index is 443. The topological polar surface area (TPSA) is 33.6 Å². The Morgan fingerprint density at radius 2 is 2.18 bits per heavy atom. The average Bonchev–Trinajstić information content (AvgIpc) is 2.76. The number of hydrogen-bond donors (Lipinski definition) is 1. The lowest BCUT2D eigenvalue weighted by Crippen LogP contribution is -2.20. The van der Waals surface area contributed by atoms with Crippen molar-refractivity contribution < 1.29 is 17.9 Å². The van der Waals surface area contributed by atoms with E-state index in [2.05, 4.69) is 10.3 Å². The fourth-order valence-corrected chi connectivity index (χ4v) is 1.64. The molecule has 1 heterocycles. The van der Waals surface area contributed by atoms with Crippen LogP contribution in [-0.2, 0) is 10.9 Å². The number of aliphatic imine (C=N–C) groups is 1. The molecule has 6 heteroatoms. The number of amidine groups is 1. The Labute approximate surface area is 96.3 Å². The summed E-state index contributed by atoms with van der Waals surface area (Å²) in [6.07, 6.45) is -4.32. The van der Waals surface area contributed by atoms with Crippen LogP contribution in [0.1, 0.15) is 17.2 Å². The fraction of sp³-hybridized carbons (Fsp3) is 0.364. The molecule has 1 saturated heterocycles. The number of halogens is 3. The molecule has 2 rings (SSSR count). The Morgan fingerprint density at radius 1 is 1.41 bits per heavy atom. The van der Waals surface area contributed by atoms with E-state index in [9.17, 15) is 13.2 Å². The fourth-order valence-electron chi connectivity index (χ4n) is 1.64. The summed E-state index contributed by atoms with van der Waals surface area (Å²) in [5, 5.41) is 2.90. The van der Waals surface area contributed by atoms with Crippen molar-refractivity contribution >= 4 is 6.02 Å². The molecule has 17 heavy (non-hydrogen) atoms. The highest BCUT2D eigenvalue weighted by Gasteiger charge is 2.31. The first kappa shape index (κ1) is 11.8. The van der Waals surface area contributed by atoms with Crippen LogP contribution in [0.3, 0.4) is 0 Å². The largest absolute Gasteiger partial charge is 0.463 e. The van der Waals surface area contributed by atoms with E-state index in [1.165, 1.54) is 6.07 Å². The first-order chi connectivity index (χ1) is 8.00. The van der Waals surface area contributed by atoms with Crippen LogP contribution in [0.2, 0.25) is 0 Å². The maximum atomic E-state index is 12.5. The van der Waals surface area contributed by atoms with Gasteiger partial charge in [-0.3, -0.25) is 0 Å². The molecule has 0 aliphatic carbocycles. The van der Waals surface area contributed by atoms with Crippen LogP contribution in [0, 0.1) is 0 Å². The molecule has 1 N–H and O–H groups in total. The molecule has 1 aromatic rings. The van der Waals surface area contributed by atoms with E-state index in [-0.39, 0.29) is 12.6 Å². The summed E-state index contributed by atoms with van der Waals surface area (Å²) in [5.41, 5.74) is -0.114. The van der Waals surface area contributed by atoms with Gasteiger partial charge >= 0.3 is 6.18 Å². The van der Waals surface area contributed by atoms with Gasteiger partial charge in [-0.2, -0.15) is 13.2 Å². The molecule has 0 amide bonds. The van der Waals surface area contributed by atoms with Crippen molar-refractivity contribution in [2.45, 2.75) is 12.2 Å². The van der Waals surface area contributed by atoms with E-state index in [0.29, 0.717) is 11.6 Å². The monoisotopic (exact) mass is 244 g/mol. The molecule has 0 bridgehead atoms. The Hall–Kier alpha value is -1.72. The van der Waals surface area contributed by atoms with Crippen LogP contribution >= 0.6 is 0 Å². The molecule has 1 aromatic carbocycles. The van der Waals surface area contributed by atoms with Gasteiger partial charge in [-0.25, -0.2) is 4.99 Å². The lowest BCUT2D eigenvalue weighted by atomic mass is 10.0. The normalized spacial score (nSPS) is 22.4. The zero-order valence-corrected chi connectivity index (χ0v) is 9.08. The van der Waals surface area contributed by atoms with E-state index in [1.54, 1.807) is 13.1 Å². The van der Waals surface area contributed by atoms with Crippen molar-refractivity contribution in [1.82, 2.24) is 5.32 Å². The van der Waals surface area contributed by atoms with E-state index in [1.807, 2.05) is 0 Å². The van der Waals surface area contributed by atoms with Gasteiger partial charge in [-0.1, -0.05) is 12.1 Å². The third-order valence-electron chi connectivity index (χ3n) is 2.50. The molecular weight excluding hydrogens is 233 g/mol. The molecule has 1 aliphatic rings. The van der Waals surface area contributed by atoms with Gasteiger partial charge in [0.1, 0.15) is 6.61 Å². The summed E-state index contributed by atoms with van der Waals surface area (Å²) in [6.45, 7) is 0.286.